The van der Waals surface area contributed by atoms with Gasteiger partial charge >= 0.3 is 12.6 Å². The third kappa shape index (κ3) is 4.84. The van der Waals surface area contributed by atoms with E-state index < -0.39 is 12.6 Å². The van der Waals surface area contributed by atoms with E-state index in [1.807, 2.05) is 19.1 Å². The lowest BCUT2D eigenvalue weighted by molar-refractivity contribution is -0.0512. The number of ether oxygens (including phenoxy) is 2. The molecule has 2 aromatic rings. The van der Waals surface area contributed by atoms with Crippen LogP contribution in [-0.4, -0.2) is 19.8 Å². The van der Waals surface area contributed by atoms with Crippen molar-refractivity contribution in [2.45, 2.75) is 13.5 Å². The van der Waals surface area contributed by atoms with Crippen molar-refractivity contribution in [2.75, 3.05) is 17.7 Å². The van der Waals surface area contributed by atoms with Gasteiger partial charge in [-0.25, -0.2) is 4.79 Å². The summed E-state index contributed by atoms with van der Waals surface area (Å²) < 4.78 is 33.8. The molecule has 2 N–H and O–H groups in total. The first-order valence-corrected chi connectivity index (χ1v) is 6.75. The molecule has 122 valence electrons. The summed E-state index contributed by atoms with van der Waals surface area (Å²) in [4.78, 5) is 11.9. The average Bonchev–Trinajstić information content (AvgIpc) is 2.50. The number of benzene rings is 2. The fourth-order valence-corrected chi connectivity index (χ4v) is 1.87. The van der Waals surface area contributed by atoms with Gasteiger partial charge in [0.15, 0.2) is 11.5 Å². The van der Waals surface area contributed by atoms with Crippen LogP contribution in [-0.2, 0) is 0 Å². The Hall–Kier alpha value is -2.83. The Labute approximate surface area is 132 Å². The van der Waals surface area contributed by atoms with Crippen LogP contribution in [0.1, 0.15) is 5.56 Å². The molecule has 0 unspecified atom stereocenters. The number of aryl methyl sites for hydroxylation is 1. The second kappa shape index (κ2) is 7.44. The predicted molar refractivity (Wildman–Crippen MR) is 83.4 cm³/mol. The van der Waals surface area contributed by atoms with E-state index >= 15 is 0 Å². The van der Waals surface area contributed by atoms with Crippen LogP contribution in [0.5, 0.6) is 11.5 Å². The van der Waals surface area contributed by atoms with Gasteiger partial charge in [0.1, 0.15) is 0 Å². The molecule has 2 rings (SSSR count). The molecule has 7 heteroatoms. The summed E-state index contributed by atoms with van der Waals surface area (Å²) in [6, 6.07) is 11.0. The summed E-state index contributed by atoms with van der Waals surface area (Å²) in [5.74, 6) is -0.00886. The van der Waals surface area contributed by atoms with Crippen LogP contribution in [0.4, 0.5) is 25.0 Å². The molecule has 0 saturated heterocycles. The molecule has 23 heavy (non-hydrogen) atoms. The van der Waals surface area contributed by atoms with Gasteiger partial charge in [-0.3, -0.25) is 0 Å². The first-order valence-electron chi connectivity index (χ1n) is 6.75. The fraction of sp³-hybridized carbons (Fsp3) is 0.188. The van der Waals surface area contributed by atoms with Gasteiger partial charge in [-0.15, -0.1) is 0 Å². The molecule has 0 aromatic heterocycles. The summed E-state index contributed by atoms with van der Waals surface area (Å²) in [5.41, 5.74) is 2.10. The van der Waals surface area contributed by atoms with E-state index in [9.17, 15) is 13.6 Å². The smallest absolute Gasteiger partial charge is 0.387 e. The van der Waals surface area contributed by atoms with Crippen LogP contribution in [0.2, 0.25) is 0 Å². The highest BCUT2D eigenvalue weighted by Gasteiger charge is 2.12. The Bertz CT molecular complexity index is 676. The van der Waals surface area contributed by atoms with Crippen molar-refractivity contribution < 1.29 is 23.0 Å². The lowest BCUT2D eigenvalue weighted by Crippen LogP contribution is -2.19. The SMILES string of the molecule is COc1cc(NC(=O)Nc2ccc(C)cc2)ccc1OC(F)F. The number of methoxy groups -OCH3 is 1. The lowest BCUT2D eigenvalue weighted by atomic mass is 10.2. The number of nitrogens with one attached hydrogen (secondary N) is 2. The van der Waals surface area contributed by atoms with Crippen molar-refractivity contribution in [2.24, 2.45) is 0 Å². The van der Waals surface area contributed by atoms with Crippen molar-refractivity contribution in [3.8, 4) is 11.5 Å². The first kappa shape index (κ1) is 16.5. The van der Waals surface area contributed by atoms with E-state index in [0.29, 0.717) is 11.4 Å². The van der Waals surface area contributed by atoms with Gasteiger partial charge in [0.05, 0.1) is 7.11 Å². The first-order chi connectivity index (χ1) is 11.0. The van der Waals surface area contributed by atoms with Crippen LogP contribution in [0.25, 0.3) is 0 Å². The van der Waals surface area contributed by atoms with Crippen molar-refractivity contribution >= 4 is 17.4 Å². The number of hydrogen-bond acceptors (Lipinski definition) is 3. The monoisotopic (exact) mass is 322 g/mol. The Kier molecular flexibility index (Phi) is 5.35. The van der Waals surface area contributed by atoms with Gasteiger partial charge in [0.25, 0.3) is 0 Å². The zero-order valence-corrected chi connectivity index (χ0v) is 12.6. The number of anilines is 2. The largest absolute Gasteiger partial charge is 0.493 e. The maximum atomic E-state index is 12.3. The van der Waals surface area contributed by atoms with Crippen LogP contribution in [0.3, 0.4) is 0 Å². The fourth-order valence-electron chi connectivity index (χ4n) is 1.87. The number of hydrogen-bond donors (Lipinski definition) is 2. The molecule has 0 aliphatic carbocycles. The number of carbonyl (C=O) groups excluding carboxylic acids is 1. The molecular weight excluding hydrogens is 306 g/mol. The van der Waals surface area contributed by atoms with Crippen molar-refractivity contribution in [3.63, 3.8) is 0 Å². The predicted octanol–water partition coefficient (Wildman–Crippen LogP) is 4.25. The molecule has 5 nitrogen and oxygen atoms in total. The summed E-state index contributed by atoms with van der Waals surface area (Å²) in [6.45, 7) is -1.01. The van der Waals surface area contributed by atoms with Crippen molar-refractivity contribution in [1.82, 2.24) is 0 Å². The Morgan fingerprint density at radius 2 is 1.61 bits per heavy atom. The molecule has 0 bridgehead atoms. The average molecular weight is 322 g/mol. The van der Waals surface area contributed by atoms with Gasteiger partial charge < -0.3 is 20.1 Å². The van der Waals surface area contributed by atoms with Crippen molar-refractivity contribution in [1.29, 1.82) is 0 Å². The maximum Gasteiger partial charge on any atom is 0.387 e. The standard InChI is InChI=1S/C16H16F2N2O3/c1-10-3-5-11(6-4-10)19-16(21)20-12-7-8-13(23-15(17)18)14(9-12)22-2/h3-9,15H,1-2H3,(H2,19,20,21). The Morgan fingerprint density at radius 1 is 1.00 bits per heavy atom. The highest BCUT2D eigenvalue weighted by molar-refractivity contribution is 5.99. The molecule has 0 aliphatic heterocycles. The molecule has 2 aromatic carbocycles. The van der Waals surface area contributed by atoms with Gasteiger partial charge in [-0.05, 0) is 31.2 Å². The topological polar surface area (TPSA) is 59.6 Å². The molecule has 2 amide bonds. The van der Waals surface area contributed by atoms with E-state index in [1.165, 1.54) is 25.3 Å². The molecule has 0 fully saturated rings. The van der Waals surface area contributed by atoms with Crippen molar-refractivity contribution in [3.05, 3.63) is 48.0 Å². The van der Waals surface area contributed by atoms with Gasteiger partial charge in [0.2, 0.25) is 0 Å². The van der Waals surface area contributed by atoms with E-state index in [0.717, 1.165) is 5.56 Å². The summed E-state index contributed by atoms with van der Waals surface area (Å²) >= 11 is 0. The van der Waals surface area contributed by atoms with Crippen LogP contribution < -0.4 is 20.1 Å². The minimum Gasteiger partial charge on any atom is -0.493 e. The second-order valence-corrected chi connectivity index (χ2v) is 4.69. The van der Waals surface area contributed by atoms with E-state index in [-0.39, 0.29) is 11.5 Å². The summed E-state index contributed by atoms with van der Waals surface area (Å²) in [5, 5.41) is 5.25. The van der Waals surface area contributed by atoms with Gasteiger partial charge in [-0.1, -0.05) is 17.7 Å². The zero-order chi connectivity index (χ0) is 16.8. The van der Waals surface area contributed by atoms with Crippen LogP contribution >= 0.6 is 0 Å². The highest BCUT2D eigenvalue weighted by Crippen LogP contribution is 2.31. The minimum atomic E-state index is -2.95. The molecule has 0 heterocycles. The van der Waals surface area contributed by atoms with E-state index in [1.54, 1.807) is 12.1 Å². The number of rotatable bonds is 5. The molecule has 0 radical (unpaired) electrons. The third-order valence-electron chi connectivity index (χ3n) is 2.95. The third-order valence-corrected chi connectivity index (χ3v) is 2.95. The highest BCUT2D eigenvalue weighted by atomic mass is 19.3. The van der Waals surface area contributed by atoms with Gasteiger partial charge in [0, 0.05) is 17.4 Å². The van der Waals surface area contributed by atoms with Crippen LogP contribution in [0.15, 0.2) is 42.5 Å². The number of alkyl halides is 2. The molecule has 0 aliphatic rings. The second-order valence-electron chi connectivity index (χ2n) is 4.69. The summed E-state index contributed by atoms with van der Waals surface area (Å²) in [7, 11) is 1.32. The van der Waals surface area contributed by atoms with E-state index in [2.05, 4.69) is 15.4 Å². The number of carbonyl (C=O) groups is 1. The Morgan fingerprint density at radius 3 is 2.22 bits per heavy atom. The van der Waals surface area contributed by atoms with E-state index in [4.69, 9.17) is 4.74 Å². The molecule has 0 saturated carbocycles. The normalized spacial score (nSPS) is 10.3. The Balaban J connectivity index is 2.04. The quantitative estimate of drug-likeness (QED) is 0.865. The molecule has 0 atom stereocenters. The maximum absolute atomic E-state index is 12.3. The number of halogens is 2. The molecular formula is C16H16F2N2O3. The summed E-state index contributed by atoms with van der Waals surface area (Å²) in [6.07, 6.45) is 0. The molecule has 0 spiro atoms. The number of amides is 2. The van der Waals surface area contributed by atoms with Crippen LogP contribution in [0, 0.1) is 6.92 Å². The zero-order valence-electron chi connectivity index (χ0n) is 12.6. The lowest BCUT2D eigenvalue weighted by Gasteiger charge is -2.12. The van der Waals surface area contributed by atoms with Gasteiger partial charge in [-0.2, -0.15) is 8.78 Å². The minimum absolute atomic E-state index is 0.0958. The number of urea groups is 1.